The number of carbonyl (C=O) groups excluding carboxylic acids is 4. The lowest BCUT2D eigenvalue weighted by molar-refractivity contribution is -0.347. The maximum Gasteiger partial charge on any atom is 0.338 e. The molecule has 0 amide bonds. The summed E-state index contributed by atoms with van der Waals surface area (Å²) in [5.41, 5.74) is -6.66. The zero-order chi connectivity index (χ0) is 32.1. The Morgan fingerprint density at radius 2 is 1.36 bits per heavy atom. The number of aliphatic hydroxyl groups is 2. The van der Waals surface area contributed by atoms with Crippen LogP contribution < -0.4 is 0 Å². The summed E-state index contributed by atoms with van der Waals surface area (Å²) >= 11 is 0. The lowest BCUT2D eigenvalue weighted by Gasteiger charge is -2.65. The van der Waals surface area contributed by atoms with Crippen LogP contribution in [0, 0.1) is 11.3 Å². The fraction of sp³-hybridized carbons (Fsp3) is 0.515. The molecule has 1 aliphatic heterocycles. The summed E-state index contributed by atoms with van der Waals surface area (Å²) in [6, 6.07) is 16.3. The van der Waals surface area contributed by atoms with Gasteiger partial charge in [0.2, 0.25) is 0 Å². The third kappa shape index (κ3) is 4.87. The molecule has 2 aromatic carbocycles. The number of ether oxygens (including phenoxy) is 5. The third-order valence-electron chi connectivity index (χ3n) is 9.41. The van der Waals surface area contributed by atoms with E-state index < -0.39 is 83.0 Å². The molecule has 0 unspecified atom stereocenters. The summed E-state index contributed by atoms with van der Waals surface area (Å²) in [5.74, 6) is -4.00. The van der Waals surface area contributed by atoms with Crippen LogP contribution >= 0.6 is 0 Å². The minimum absolute atomic E-state index is 0.00193. The summed E-state index contributed by atoms with van der Waals surface area (Å²) in [6.45, 7) is 6.57. The minimum atomic E-state index is -1.99. The first-order chi connectivity index (χ1) is 20.7. The molecule has 3 aliphatic rings. The van der Waals surface area contributed by atoms with Gasteiger partial charge in [0.15, 0.2) is 5.60 Å². The van der Waals surface area contributed by atoms with Crippen LogP contribution in [-0.2, 0) is 33.3 Å². The molecule has 1 spiro atoms. The summed E-state index contributed by atoms with van der Waals surface area (Å²) in [4.78, 5) is 52.2. The molecule has 1 heterocycles. The van der Waals surface area contributed by atoms with E-state index in [-0.39, 0.29) is 24.0 Å². The molecule has 5 rings (SSSR count). The van der Waals surface area contributed by atoms with E-state index in [1.165, 1.54) is 32.9 Å². The van der Waals surface area contributed by atoms with Crippen LogP contribution in [0.2, 0.25) is 0 Å². The molecule has 11 nitrogen and oxygen atoms in total. The average molecular weight is 611 g/mol. The van der Waals surface area contributed by atoms with Gasteiger partial charge < -0.3 is 33.9 Å². The number of aliphatic hydroxyl groups excluding tert-OH is 1. The van der Waals surface area contributed by atoms with Crippen molar-refractivity contribution in [1.29, 1.82) is 0 Å². The van der Waals surface area contributed by atoms with Crippen molar-refractivity contribution in [3.05, 3.63) is 71.8 Å². The van der Waals surface area contributed by atoms with Gasteiger partial charge in [-0.15, -0.1) is 0 Å². The lowest BCUT2D eigenvalue weighted by atomic mass is 9.46. The first-order valence-electron chi connectivity index (χ1n) is 14.6. The standard InChI is InChI=1S/C33H38O11/c1-19(34)40-18-32-23(42-28(37)21-12-8-6-9-13-21)16-17-31(5,39)33(32)26(41-20(2)35)24(30(3,4)44-33)25(36)27(32)43-29(38)22-14-10-7-11-15-22/h6-15,23-27,36,39H,16-18H2,1-5H3/t23-,24+,25+,26+,27+,31-,32-,33-/m0/s1. The molecular weight excluding hydrogens is 572 g/mol. The van der Waals surface area contributed by atoms with Crippen molar-refractivity contribution < 1.29 is 53.1 Å². The molecule has 2 bridgehead atoms. The predicted molar refractivity (Wildman–Crippen MR) is 153 cm³/mol. The van der Waals surface area contributed by atoms with Gasteiger partial charge in [-0.25, -0.2) is 9.59 Å². The average Bonchev–Trinajstić information content (AvgIpc) is 3.17. The Labute approximate surface area is 255 Å². The van der Waals surface area contributed by atoms with Crippen LogP contribution in [0.15, 0.2) is 60.7 Å². The van der Waals surface area contributed by atoms with Gasteiger partial charge in [-0.2, -0.15) is 0 Å². The van der Waals surface area contributed by atoms with Crippen molar-refractivity contribution in [2.45, 2.75) is 88.7 Å². The van der Waals surface area contributed by atoms with E-state index >= 15 is 0 Å². The summed E-state index contributed by atoms with van der Waals surface area (Å²) in [6.07, 6.45) is -5.72. The second-order valence-corrected chi connectivity index (χ2v) is 12.6. The van der Waals surface area contributed by atoms with Gasteiger partial charge >= 0.3 is 23.9 Å². The highest BCUT2D eigenvalue weighted by Gasteiger charge is 2.86. The second kappa shape index (κ2) is 11.3. The van der Waals surface area contributed by atoms with Gasteiger partial charge in [0.05, 0.1) is 28.2 Å². The molecule has 3 fully saturated rings. The lowest BCUT2D eigenvalue weighted by Crippen LogP contribution is -2.83. The maximum atomic E-state index is 13.6. The van der Waals surface area contributed by atoms with Gasteiger partial charge in [-0.1, -0.05) is 36.4 Å². The topological polar surface area (TPSA) is 155 Å². The number of rotatable bonds is 7. The van der Waals surface area contributed by atoms with E-state index in [1.54, 1.807) is 62.4 Å². The second-order valence-electron chi connectivity index (χ2n) is 12.6. The fourth-order valence-electron chi connectivity index (χ4n) is 7.72. The molecule has 1 saturated heterocycles. The van der Waals surface area contributed by atoms with E-state index in [4.69, 9.17) is 23.7 Å². The molecule has 236 valence electrons. The Morgan fingerprint density at radius 1 is 0.818 bits per heavy atom. The Hall–Kier alpha value is -3.80. The van der Waals surface area contributed by atoms with E-state index in [2.05, 4.69) is 0 Å². The molecule has 0 aromatic heterocycles. The van der Waals surface area contributed by atoms with Crippen molar-refractivity contribution >= 4 is 23.9 Å². The van der Waals surface area contributed by atoms with E-state index in [9.17, 15) is 29.4 Å². The number of esters is 4. The number of carbonyl (C=O) groups is 4. The molecule has 2 aromatic rings. The molecule has 2 N–H and O–H groups in total. The van der Waals surface area contributed by atoms with Crippen LogP contribution in [0.4, 0.5) is 0 Å². The number of hydrogen-bond acceptors (Lipinski definition) is 11. The van der Waals surface area contributed by atoms with Crippen molar-refractivity contribution in [3.63, 3.8) is 0 Å². The summed E-state index contributed by atoms with van der Waals surface area (Å²) < 4.78 is 30.5. The minimum Gasteiger partial charge on any atom is -0.465 e. The maximum absolute atomic E-state index is 13.6. The van der Waals surface area contributed by atoms with Crippen molar-refractivity contribution in [2.75, 3.05) is 6.61 Å². The molecule has 2 saturated carbocycles. The molecule has 0 radical (unpaired) electrons. The Balaban J connectivity index is 1.77. The van der Waals surface area contributed by atoms with Crippen molar-refractivity contribution in [1.82, 2.24) is 0 Å². The highest BCUT2D eigenvalue weighted by molar-refractivity contribution is 5.90. The molecular formula is C33H38O11. The zero-order valence-corrected chi connectivity index (χ0v) is 25.4. The van der Waals surface area contributed by atoms with Gasteiger partial charge in [0.1, 0.15) is 36.4 Å². The number of hydrogen-bond donors (Lipinski definition) is 2. The smallest absolute Gasteiger partial charge is 0.338 e. The highest BCUT2D eigenvalue weighted by Crippen LogP contribution is 2.69. The normalized spacial score (nSPS) is 35.1. The first kappa shape index (κ1) is 31.6. The Kier molecular flexibility index (Phi) is 8.11. The SMILES string of the molecule is CC(=O)OC[C@@]12[C@@H](OC(=O)c3ccccc3)CC[C@](C)(O)[C@]13OC(C)(C)[C@H]([C@@H](O)[C@H]2OC(=O)c1ccccc1)[C@H]3OC(C)=O. The first-order valence-corrected chi connectivity index (χ1v) is 14.6. The predicted octanol–water partition coefficient (Wildman–Crippen LogP) is 3.00. The monoisotopic (exact) mass is 610 g/mol. The largest absolute Gasteiger partial charge is 0.465 e. The van der Waals surface area contributed by atoms with Gasteiger partial charge in [-0.05, 0) is 57.9 Å². The van der Waals surface area contributed by atoms with Gasteiger partial charge in [0.25, 0.3) is 0 Å². The van der Waals surface area contributed by atoms with E-state index in [0.717, 1.165) is 0 Å². The van der Waals surface area contributed by atoms with Crippen LogP contribution in [0.3, 0.4) is 0 Å². The quantitative estimate of drug-likeness (QED) is 0.351. The molecule has 44 heavy (non-hydrogen) atoms. The molecule has 8 atom stereocenters. The van der Waals surface area contributed by atoms with Crippen LogP contribution in [0.25, 0.3) is 0 Å². The molecule has 2 aliphatic carbocycles. The Bertz CT molecular complexity index is 1420. The van der Waals surface area contributed by atoms with Crippen LogP contribution in [-0.4, -0.2) is 81.9 Å². The zero-order valence-electron chi connectivity index (χ0n) is 25.4. The highest BCUT2D eigenvalue weighted by atomic mass is 16.6. The number of benzene rings is 2. The summed E-state index contributed by atoms with van der Waals surface area (Å²) in [5, 5.41) is 24.5. The number of fused-ring (bicyclic) bond motifs is 1. The van der Waals surface area contributed by atoms with E-state index in [1.807, 2.05) is 0 Å². The van der Waals surface area contributed by atoms with Gasteiger partial charge in [-0.3, -0.25) is 9.59 Å². The van der Waals surface area contributed by atoms with Crippen molar-refractivity contribution in [2.24, 2.45) is 11.3 Å². The summed E-state index contributed by atoms with van der Waals surface area (Å²) in [7, 11) is 0. The van der Waals surface area contributed by atoms with E-state index in [0.29, 0.717) is 0 Å². The fourth-order valence-corrected chi connectivity index (χ4v) is 7.72. The van der Waals surface area contributed by atoms with Crippen LogP contribution in [0.5, 0.6) is 0 Å². The van der Waals surface area contributed by atoms with Gasteiger partial charge in [0, 0.05) is 13.8 Å². The molecule has 11 heteroatoms. The van der Waals surface area contributed by atoms with Crippen molar-refractivity contribution in [3.8, 4) is 0 Å². The van der Waals surface area contributed by atoms with Crippen LogP contribution in [0.1, 0.15) is 68.2 Å². The Morgan fingerprint density at radius 3 is 1.89 bits per heavy atom. The third-order valence-corrected chi connectivity index (χ3v) is 9.41.